The van der Waals surface area contributed by atoms with Crippen molar-refractivity contribution in [3.05, 3.63) is 0 Å². The molecule has 90 valence electrons. The number of hydrogen-bond acceptors (Lipinski definition) is 3. The number of nitrogens with zero attached hydrogens (tertiary/aromatic N) is 1. The van der Waals surface area contributed by atoms with Crippen molar-refractivity contribution in [2.45, 2.75) is 44.1 Å². The zero-order valence-electron chi connectivity index (χ0n) is 9.28. The fourth-order valence-electron chi connectivity index (χ4n) is 2.86. The molecule has 2 aliphatic rings. The molecule has 0 bridgehead atoms. The van der Waals surface area contributed by atoms with E-state index in [9.17, 15) is 9.59 Å². The van der Waals surface area contributed by atoms with Gasteiger partial charge in [0.15, 0.2) is 0 Å². The molecule has 0 atom stereocenters. The second-order valence-corrected chi connectivity index (χ2v) is 4.62. The van der Waals surface area contributed by atoms with Crippen molar-refractivity contribution < 1.29 is 19.4 Å². The minimum Gasteiger partial charge on any atom is -0.481 e. The highest BCUT2D eigenvalue weighted by atomic mass is 16.6. The number of ether oxygens (including phenoxy) is 1. The summed E-state index contributed by atoms with van der Waals surface area (Å²) in [6, 6.07) is 0. The van der Waals surface area contributed by atoms with Gasteiger partial charge >= 0.3 is 12.1 Å². The molecular formula is C11H17NO4. The molecule has 0 aromatic rings. The van der Waals surface area contributed by atoms with Crippen LogP contribution in [0.3, 0.4) is 0 Å². The second kappa shape index (κ2) is 4.31. The third-order valence-corrected chi connectivity index (χ3v) is 3.60. The molecule has 5 nitrogen and oxygen atoms in total. The standard InChI is InChI=1S/C11H17NO4/c13-9(14)8-11(4-2-1-3-5-11)12-6-7-16-10(12)15/h1-8H2,(H,13,14). The first-order chi connectivity index (χ1) is 7.64. The van der Waals surface area contributed by atoms with Crippen LogP contribution < -0.4 is 0 Å². The molecule has 1 saturated carbocycles. The summed E-state index contributed by atoms with van der Waals surface area (Å²) < 4.78 is 4.92. The van der Waals surface area contributed by atoms with Crippen LogP contribution in [0.1, 0.15) is 38.5 Å². The van der Waals surface area contributed by atoms with E-state index in [0.717, 1.165) is 32.1 Å². The van der Waals surface area contributed by atoms with E-state index in [1.807, 2.05) is 0 Å². The molecule has 16 heavy (non-hydrogen) atoms. The predicted octanol–water partition coefficient (Wildman–Crippen LogP) is 1.62. The molecule has 5 heteroatoms. The molecule has 1 aliphatic carbocycles. The Labute approximate surface area is 94.4 Å². The Morgan fingerprint density at radius 2 is 2.06 bits per heavy atom. The Morgan fingerprint density at radius 1 is 1.38 bits per heavy atom. The lowest BCUT2D eigenvalue weighted by Gasteiger charge is -2.42. The first kappa shape index (κ1) is 11.2. The monoisotopic (exact) mass is 227 g/mol. The number of cyclic esters (lactones) is 1. The van der Waals surface area contributed by atoms with Gasteiger partial charge in [0, 0.05) is 0 Å². The van der Waals surface area contributed by atoms with Gasteiger partial charge in [-0.3, -0.25) is 9.69 Å². The van der Waals surface area contributed by atoms with Gasteiger partial charge in [-0.25, -0.2) is 4.79 Å². The van der Waals surface area contributed by atoms with Crippen molar-refractivity contribution in [1.29, 1.82) is 0 Å². The van der Waals surface area contributed by atoms with Crippen LogP contribution in [-0.4, -0.2) is 40.8 Å². The molecular weight excluding hydrogens is 210 g/mol. The maximum atomic E-state index is 11.6. The van der Waals surface area contributed by atoms with E-state index in [1.54, 1.807) is 4.90 Å². The molecule has 1 heterocycles. The minimum absolute atomic E-state index is 0.0437. The summed E-state index contributed by atoms with van der Waals surface area (Å²) in [6.07, 6.45) is 4.40. The normalized spacial score (nSPS) is 24.2. The lowest BCUT2D eigenvalue weighted by atomic mass is 9.78. The van der Waals surface area contributed by atoms with E-state index in [0.29, 0.717) is 13.2 Å². The van der Waals surface area contributed by atoms with Crippen LogP contribution in [-0.2, 0) is 9.53 Å². The van der Waals surface area contributed by atoms with Gasteiger partial charge in [0.05, 0.1) is 18.5 Å². The van der Waals surface area contributed by atoms with Gasteiger partial charge in [-0.05, 0) is 12.8 Å². The van der Waals surface area contributed by atoms with Crippen molar-refractivity contribution in [3.8, 4) is 0 Å². The van der Waals surface area contributed by atoms with E-state index >= 15 is 0 Å². The maximum absolute atomic E-state index is 11.6. The Hall–Kier alpha value is -1.26. The van der Waals surface area contributed by atoms with Crippen LogP contribution in [0.5, 0.6) is 0 Å². The molecule has 1 amide bonds. The van der Waals surface area contributed by atoms with E-state index < -0.39 is 11.5 Å². The summed E-state index contributed by atoms with van der Waals surface area (Å²) in [5, 5.41) is 9.00. The summed E-state index contributed by atoms with van der Waals surface area (Å²) in [4.78, 5) is 24.2. The maximum Gasteiger partial charge on any atom is 0.410 e. The average Bonchev–Trinajstić information content (AvgIpc) is 2.65. The van der Waals surface area contributed by atoms with Crippen LogP contribution in [0.2, 0.25) is 0 Å². The van der Waals surface area contributed by atoms with Crippen LogP contribution in [0.25, 0.3) is 0 Å². The number of carboxylic acids is 1. The largest absolute Gasteiger partial charge is 0.481 e. The Kier molecular flexibility index (Phi) is 3.03. The zero-order valence-corrected chi connectivity index (χ0v) is 9.28. The number of carbonyl (C=O) groups is 2. The first-order valence-electron chi connectivity index (χ1n) is 5.80. The summed E-state index contributed by atoms with van der Waals surface area (Å²) in [5.41, 5.74) is -0.488. The van der Waals surface area contributed by atoms with Crippen molar-refractivity contribution in [1.82, 2.24) is 4.90 Å². The third kappa shape index (κ3) is 1.99. The number of amides is 1. The van der Waals surface area contributed by atoms with Crippen LogP contribution >= 0.6 is 0 Å². The minimum atomic E-state index is -0.832. The smallest absolute Gasteiger partial charge is 0.410 e. The second-order valence-electron chi connectivity index (χ2n) is 4.62. The zero-order chi connectivity index (χ0) is 11.6. The van der Waals surface area contributed by atoms with Gasteiger partial charge in [0.25, 0.3) is 0 Å². The fraction of sp³-hybridized carbons (Fsp3) is 0.818. The Bertz CT molecular complexity index is 296. The summed E-state index contributed by atoms with van der Waals surface area (Å²) in [7, 11) is 0. The summed E-state index contributed by atoms with van der Waals surface area (Å²) in [6.45, 7) is 0.923. The topological polar surface area (TPSA) is 66.8 Å². The molecule has 0 radical (unpaired) electrons. The average molecular weight is 227 g/mol. The van der Waals surface area contributed by atoms with E-state index in [2.05, 4.69) is 0 Å². The van der Waals surface area contributed by atoms with Crippen molar-refractivity contribution in [2.75, 3.05) is 13.2 Å². The van der Waals surface area contributed by atoms with Crippen LogP contribution in [0, 0.1) is 0 Å². The van der Waals surface area contributed by atoms with Gasteiger partial charge in [-0.1, -0.05) is 19.3 Å². The van der Waals surface area contributed by atoms with Gasteiger partial charge in [-0.2, -0.15) is 0 Å². The van der Waals surface area contributed by atoms with Gasteiger partial charge in [-0.15, -0.1) is 0 Å². The lowest BCUT2D eigenvalue weighted by molar-refractivity contribution is -0.140. The fourth-order valence-corrected chi connectivity index (χ4v) is 2.86. The molecule has 0 spiro atoms. The summed E-state index contributed by atoms with van der Waals surface area (Å²) >= 11 is 0. The number of carboxylic acid groups (broad SMARTS) is 1. The number of rotatable bonds is 3. The highest BCUT2D eigenvalue weighted by Crippen LogP contribution is 2.38. The molecule has 1 aliphatic heterocycles. The molecule has 0 aromatic carbocycles. The van der Waals surface area contributed by atoms with E-state index in [-0.39, 0.29) is 12.5 Å². The first-order valence-corrected chi connectivity index (χ1v) is 5.80. The SMILES string of the molecule is O=C(O)CC1(N2CCOC2=O)CCCCC1. The van der Waals surface area contributed by atoms with Gasteiger partial charge in [0.1, 0.15) is 6.61 Å². The number of carbonyl (C=O) groups excluding carboxylic acids is 1. The highest BCUT2D eigenvalue weighted by Gasteiger charge is 2.45. The van der Waals surface area contributed by atoms with Gasteiger partial charge in [0.2, 0.25) is 0 Å². The van der Waals surface area contributed by atoms with Gasteiger partial charge < -0.3 is 9.84 Å². The highest BCUT2D eigenvalue weighted by molar-refractivity contribution is 5.74. The molecule has 0 aromatic heterocycles. The van der Waals surface area contributed by atoms with Crippen molar-refractivity contribution in [2.24, 2.45) is 0 Å². The summed E-state index contributed by atoms with van der Waals surface area (Å²) in [5.74, 6) is -0.832. The lowest BCUT2D eigenvalue weighted by Crippen LogP contribution is -2.51. The van der Waals surface area contributed by atoms with Crippen molar-refractivity contribution >= 4 is 12.1 Å². The van der Waals surface area contributed by atoms with Crippen LogP contribution in [0.15, 0.2) is 0 Å². The molecule has 0 unspecified atom stereocenters. The molecule has 1 N–H and O–H groups in total. The molecule has 2 fully saturated rings. The number of aliphatic carboxylic acids is 1. The quantitative estimate of drug-likeness (QED) is 0.795. The van der Waals surface area contributed by atoms with E-state index in [4.69, 9.17) is 9.84 Å². The van der Waals surface area contributed by atoms with E-state index in [1.165, 1.54) is 0 Å². The third-order valence-electron chi connectivity index (χ3n) is 3.60. The van der Waals surface area contributed by atoms with Crippen molar-refractivity contribution in [3.63, 3.8) is 0 Å². The Balaban J connectivity index is 2.18. The molecule has 1 saturated heterocycles. The predicted molar refractivity (Wildman–Crippen MR) is 56.1 cm³/mol. The molecule has 2 rings (SSSR count). The Morgan fingerprint density at radius 3 is 2.56 bits per heavy atom. The number of hydrogen-bond donors (Lipinski definition) is 1. The van der Waals surface area contributed by atoms with Crippen LogP contribution in [0.4, 0.5) is 4.79 Å².